The average molecular weight is 647 g/mol. The molecule has 0 saturated carbocycles. The molecule has 2 heterocycles. The number of carbonyl (C=O) groups excluding carboxylic acids is 2. The number of carbonyl (C=O) groups is 2. The average Bonchev–Trinajstić information content (AvgIpc) is 3.46. The van der Waals surface area contributed by atoms with Gasteiger partial charge in [0.05, 0.1) is 30.4 Å². The number of hydrogen-bond acceptors (Lipinski definition) is 7. The van der Waals surface area contributed by atoms with Gasteiger partial charge >= 0.3 is 6.09 Å². The van der Waals surface area contributed by atoms with Gasteiger partial charge in [-0.25, -0.2) is 9.78 Å². The van der Waals surface area contributed by atoms with Crippen LogP contribution < -0.4 is 11.1 Å². The number of nitrogens with two attached hydrogens (primary N) is 1. The van der Waals surface area contributed by atoms with Crippen molar-refractivity contribution in [3.8, 4) is 0 Å². The van der Waals surface area contributed by atoms with Crippen LogP contribution in [-0.2, 0) is 21.3 Å². The summed E-state index contributed by atoms with van der Waals surface area (Å²) >= 11 is 6.48. The van der Waals surface area contributed by atoms with E-state index in [0.717, 1.165) is 16.8 Å². The number of amides is 2. The molecule has 1 aliphatic rings. The predicted octanol–water partition coefficient (Wildman–Crippen LogP) is 6.51. The highest BCUT2D eigenvalue weighted by Gasteiger charge is 2.31. The number of methoxy groups -OCH3 is 1. The Morgan fingerprint density at radius 2 is 1.73 bits per heavy atom. The van der Waals surface area contributed by atoms with E-state index in [1.54, 1.807) is 17.4 Å². The zero-order valence-corrected chi connectivity index (χ0v) is 29.3. The van der Waals surface area contributed by atoms with E-state index < -0.39 is 6.04 Å². The molecular formula is C34H55ClN6O4. The molecule has 3 rings (SSSR count). The van der Waals surface area contributed by atoms with Gasteiger partial charge in [-0.15, -0.1) is 6.58 Å². The molecule has 2 atom stereocenters. The minimum atomic E-state index is -0.547. The van der Waals surface area contributed by atoms with Crippen molar-refractivity contribution in [2.24, 2.45) is 12.8 Å². The third-order valence-electron chi connectivity index (χ3n) is 6.54. The van der Waals surface area contributed by atoms with Gasteiger partial charge in [-0.3, -0.25) is 9.69 Å². The van der Waals surface area contributed by atoms with Crippen LogP contribution in [-0.4, -0.2) is 77.4 Å². The van der Waals surface area contributed by atoms with Crippen LogP contribution in [0.5, 0.6) is 0 Å². The molecule has 11 heteroatoms. The monoisotopic (exact) mass is 646 g/mol. The molecule has 0 aliphatic carbocycles. The van der Waals surface area contributed by atoms with Gasteiger partial charge in [0.25, 0.3) is 0 Å². The summed E-state index contributed by atoms with van der Waals surface area (Å²) in [6, 6.07) is 5.18. The summed E-state index contributed by atoms with van der Waals surface area (Å²) < 4.78 is 12.3. The molecule has 1 fully saturated rings. The van der Waals surface area contributed by atoms with Gasteiger partial charge in [0.15, 0.2) is 0 Å². The Balaban J connectivity index is 0.00000256. The highest BCUT2D eigenvalue weighted by Crippen LogP contribution is 2.38. The molecule has 0 bridgehead atoms. The van der Waals surface area contributed by atoms with Gasteiger partial charge < -0.3 is 30.0 Å². The Hall–Kier alpha value is -3.60. The van der Waals surface area contributed by atoms with E-state index >= 15 is 0 Å². The van der Waals surface area contributed by atoms with Gasteiger partial charge in [0.2, 0.25) is 5.91 Å². The molecule has 45 heavy (non-hydrogen) atoms. The van der Waals surface area contributed by atoms with Crippen LogP contribution in [0.2, 0.25) is 5.02 Å². The van der Waals surface area contributed by atoms with E-state index in [1.807, 2.05) is 77.4 Å². The van der Waals surface area contributed by atoms with Gasteiger partial charge in [-0.2, -0.15) is 0 Å². The first-order valence-corrected chi connectivity index (χ1v) is 15.8. The first-order valence-electron chi connectivity index (χ1n) is 15.4. The molecule has 2 aromatic rings. The van der Waals surface area contributed by atoms with Crippen molar-refractivity contribution >= 4 is 29.2 Å². The van der Waals surface area contributed by atoms with Crippen LogP contribution in [0.15, 0.2) is 62.7 Å². The minimum Gasteiger partial charge on any atom is -0.447 e. The lowest BCUT2D eigenvalue weighted by atomic mass is 9.88. The van der Waals surface area contributed by atoms with E-state index in [2.05, 4.69) is 40.7 Å². The van der Waals surface area contributed by atoms with Crippen LogP contribution in [0, 0.1) is 0 Å². The van der Waals surface area contributed by atoms with Gasteiger partial charge in [0, 0.05) is 51.4 Å². The molecule has 1 saturated heterocycles. The number of nitrogens with one attached hydrogen (secondary N) is 1. The quantitative estimate of drug-likeness (QED) is 0.267. The number of imidazole rings is 1. The highest BCUT2D eigenvalue weighted by atomic mass is 35.5. The molecule has 1 aromatic heterocycles. The number of rotatable bonds is 11. The summed E-state index contributed by atoms with van der Waals surface area (Å²) in [5.41, 5.74) is 7.94. The molecule has 10 nitrogen and oxygen atoms in total. The highest BCUT2D eigenvalue weighted by molar-refractivity contribution is 6.30. The van der Waals surface area contributed by atoms with Crippen LogP contribution in [0.25, 0.3) is 5.57 Å². The number of nitrogens with zero attached hydrogens (tertiary/aromatic N) is 4. The van der Waals surface area contributed by atoms with Crippen LogP contribution in [0.3, 0.4) is 0 Å². The van der Waals surface area contributed by atoms with E-state index in [0.29, 0.717) is 43.2 Å². The fourth-order valence-corrected chi connectivity index (χ4v) is 4.87. The number of aromatic nitrogens is 2. The number of ether oxygens (including phenoxy) is 2. The lowest BCUT2D eigenvalue weighted by Crippen LogP contribution is -2.50. The van der Waals surface area contributed by atoms with Crippen molar-refractivity contribution in [3.05, 3.63) is 84.6 Å². The predicted molar refractivity (Wildman–Crippen MR) is 186 cm³/mol. The molecule has 0 radical (unpaired) electrons. The third-order valence-corrected chi connectivity index (χ3v) is 6.77. The Bertz CT molecular complexity index is 1190. The van der Waals surface area contributed by atoms with Crippen molar-refractivity contribution < 1.29 is 19.1 Å². The lowest BCUT2D eigenvalue weighted by Gasteiger charge is -2.40. The van der Waals surface area contributed by atoms with Crippen LogP contribution in [0.4, 0.5) is 4.79 Å². The van der Waals surface area contributed by atoms with Crippen molar-refractivity contribution in [2.75, 3.05) is 39.9 Å². The van der Waals surface area contributed by atoms with Gasteiger partial charge in [-0.1, -0.05) is 64.6 Å². The topological polar surface area (TPSA) is 115 Å². The first-order chi connectivity index (χ1) is 21.6. The van der Waals surface area contributed by atoms with Crippen molar-refractivity contribution in [1.29, 1.82) is 0 Å². The zero-order valence-electron chi connectivity index (χ0n) is 28.5. The molecule has 0 unspecified atom stereocenters. The SMILES string of the molecule is C=CC[C@H](c1ccc(Cl)cc1C(=C)[C@@H](NC(=O)COC)c1cncn1C)N1CCN(C(=O)OC(C)C)CC1.C=CN.CC.CC. The van der Waals surface area contributed by atoms with Gasteiger partial charge in [0.1, 0.15) is 6.61 Å². The second kappa shape index (κ2) is 22.8. The van der Waals surface area contributed by atoms with Gasteiger partial charge in [-0.05, 0) is 55.3 Å². The van der Waals surface area contributed by atoms with E-state index in [1.165, 1.54) is 13.3 Å². The molecular weight excluding hydrogens is 592 g/mol. The minimum absolute atomic E-state index is 0.0263. The largest absolute Gasteiger partial charge is 0.447 e. The van der Waals surface area contributed by atoms with E-state index in [-0.39, 0.29) is 30.8 Å². The maximum absolute atomic E-state index is 12.6. The number of aryl methyl sites for hydroxylation is 1. The molecule has 3 N–H and O–H groups in total. The zero-order chi connectivity index (χ0) is 34.5. The van der Waals surface area contributed by atoms with E-state index in [9.17, 15) is 9.59 Å². The Morgan fingerprint density at radius 1 is 1.13 bits per heavy atom. The maximum atomic E-state index is 12.6. The summed E-state index contributed by atoms with van der Waals surface area (Å²) in [4.78, 5) is 33.3. The first kappa shape index (κ1) is 41.4. The van der Waals surface area contributed by atoms with Crippen molar-refractivity contribution in [2.45, 2.75) is 66.2 Å². The summed E-state index contributed by atoms with van der Waals surface area (Å²) in [6.45, 7) is 25.6. The van der Waals surface area contributed by atoms with Crippen molar-refractivity contribution in [1.82, 2.24) is 24.7 Å². The summed E-state index contributed by atoms with van der Waals surface area (Å²) in [7, 11) is 3.35. The van der Waals surface area contributed by atoms with Crippen LogP contribution in [0.1, 0.15) is 76.9 Å². The summed E-state index contributed by atoms with van der Waals surface area (Å²) in [5.74, 6) is -0.268. The van der Waals surface area contributed by atoms with E-state index in [4.69, 9.17) is 21.1 Å². The standard InChI is InChI=1S/C28H38ClN5O4.C2H5N.2C2H6/c1-7-8-24(33-11-13-34(14-12-33)28(36)38-19(2)3)22-10-9-21(29)15-23(22)20(4)27(31-26(35)17-37-6)25-16-30-18-32(25)5;1-2-3;2*1-2/h7,9-10,15-16,18-19,24,27H,1,4,8,11-14,17H2,2-3,5-6H3,(H,31,35);2H,1,3H2;2*1-2H3/t24-,27-;;;/m1.../s1. The Labute approximate surface area is 275 Å². The Morgan fingerprint density at radius 3 is 2.22 bits per heavy atom. The summed E-state index contributed by atoms with van der Waals surface area (Å²) in [6.07, 6.45) is 6.78. The molecule has 1 aliphatic heterocycles. The number of halogens is 1. The summed E-state index contributed by atoms with van der Waals surface area (Å²) in [5, 5.41) is 3.60. The smallest absolute Gasteiger partial charge is 0.410 e. The molecule has 1 aromatic carbocycles. The second-order valence-electron chi connectivity index (χ2n) is 9.85. The maximum Gasteiger partial charge on any atom is 0.410 e. The van der Waals surface area contributed by atoms with Crippen LogP contribution >= 0.6 is 11.6 Å². The number of hydrogen-bond donors (Lipinski definition) is 2. The molecule has 2 amide bonds. The number of benzene rings is 1. The fourth-order valence-electron chi connectivity index (χ4n) is 4.69. The molecule has 252 valence electrons. The lowest BCUT2D eigenvalue weighted by molar-refractivity contribution is -0.125. The second-order valence-corrected chi connectivity index (χ2v) is 10.3. The fraction of sp³-hybridized carbons (Fsp3) is 0.500. The molecule has 0 spiro atoms. The Kier molecular flexibility index (Phi) is 21.0. The number of piperazine rings is 1. The van der Waals surface area contributed by atoms with Crippen molar-refractivity contribution in [3.63, 3.8) is 0 Å². The normalized spacial score (nSPS) is 13.8. The third kappa shape index (κ3) is 13.1.